The Morgan fingerprint density at radius 2 is 1.88 bits per heavy atom. The minimum Gasteiger partial charge on any atom is -0.354 e. The molecule has 4 rings (SSSR count). The number of benzene rings is 1. The highest BCUT2D eigenvalue weighted by atomic mass is 32.1. The summed E-state index contributed by atoms with van der Waals surface area (Å²) in [5, 5.41) is 1.33. The highest BCUT2D eigenvalue weighted by molar-refractivity contribution is 7.13. The normalized spacial score (nSPS) is 24.4. The lowest BCUT2D eigenvalue weighted by molar-refractivity contribution is 0.299. The second-order valence-corrected chi connectivity index (χ2v) is 8.36. The van der Waals surface area contributed by atoms with Gasteiger partial charge in [-0.2, -0.15) is 4.37 Å². The molecule has 1 saturated heterocycles. The van der Waals surface area contributed by atoms with E-state index >= 15 is 0 Å². The number of hydrogen-bond acceptors (Lipinski definition) is 4. The van der Waals surface area contributed by atoms with Gasteiger partial charge in [-0.25, -0.2) is 0 Å². The monoisotopic (exact) mass is 343 g/mol. The summed E-state index contributed by atoms with van der Waals surface area (Å²) in [4.78, 5) is 5.23. The summed E-state index contributed by atoms with van der Waals surface area (Å²) < 4.78 is 6.09. The van der Waals surface area contributed by atoms with Crippen LogP contribution in [-0.2, 0) is 0 Å². The molecule has 0 spiro atoms. The van der Waals surface area contributed by atoms with Crippen LogP contribution in [0.3, 0.4) is 0 Å². The first-order valence-electron chi connectivity index (χ1n) is 9.67. The summed E-state index contributed by atoms with van der Waals surface area (Å²) in [5.74, 6) is 3.17. The van der Waals surface area contributed by atoms with E-state index in [0.29, 0.717) is 0 Å². The average Bonchev–Trinajstić information content (AvgIpc) is 3.22. The van der Waals surface area contributed by atoms with Gasteiger partial charge in [-0.05, 0) is 54.8 Å². The van der Waals surface area contributed by atoms with E-state index in [2.05, 4.69) is 41.0 Å². The molecule has 1 aromatic carbocycles. The van der Waals surface area contributed by atoms with E-state index in [1.165, 1.54) is 67.6 Å². The summed E-state index contributed by atoms with van der Waals surface area (Å²) in [5.41, 5.74) is 0. The largest absolute Gasteiger partial charge is 0.354 e. The molecule has 2 fully saturated rings. The zero-order chi connectivity index (χ0) is 16.4. The molecular formula is C20H29N3S. The lowest BCUT2D eigenvalue weighted by Gasteiger charge is -2.25. The van der Waals surface area contributed by atoms with E-state index < -0.39 is 0 Å². The van der Waals surface area contributed by atoms with Crippen LogP contribution in [0.15, 0.2) is 24.3 Å². The quantitative estimate of drug-likeness (QED) is 0.762. The van der Waals surface area contributed by atoms with Gasteiger partial charge in [-0.1, -0.05) is 31.9 Å². The van der Waals surface area contributed by atoms with E-state index in [9.17, 15) is 0 Å². The summed E-state index contributed by atoms with van der Waals surface area (Å²) >= 11 is 1.64. The molecule has 1 aliphatic carbocycles. The fraction of sp³-hybridized carbons (Fsp3) is 0.650. The van der Waals surface area contributed by atoms with Gasteiger partial charge in [-0.15, -0.1) is 0 Å². The Morgan fingerprint density at radius 1 is 1.12 bits per heavy atom. The molecule has 0 bridgehead atoms. The molecule has 0 unspecified atom stereocenters. The summed E-state index contributed by atoms with van der Waals surface area (Å²) in [6.45, 7) is 8.35. The first-order valence-corrected chi connectivity index (χ1v) is 10.4. The fourth-order valence-corrected chi connectivity index (χ4v) is 5.44. The Hall–Kier alpha value is -1.13. The van der Waals surface area contributed by atoms with E-state index in [1.807, 2.05) is 0 Å². The Bertz CT molecular complexity index is 654. The smallest absolute Gasteiger partial charge is 0.150 e. The van der Waals surface area contributed by atoms with E-state index in [-0.39, 0.29) is 0 Å². The van der Waals surface area contributed by atoms with Gasteiger partial charge in [0.1, 0.15) is 5.82 Å². The number of likely N-dealkylation sites (tertiary alicyclic amines) is 1. The highest BCUT2D eigenvalue weighted by Crippen LogP contribution is 2.36. The summed E-state index contributed by atoms with van der Waals surface area (Å²) in [6.07, 6.45) is 7.04. The zero-order valence-electron chi connectivity index (χ0n) is 14.8. The summed E-state index contributed by atoms with van der Waals surface area (Å²) in [6, 6.07) is 8.66. The second kappa shape index (κ2) is 7.40. The Balaban J connectivity index is 1.42. The molecular weight excluding hydrogens is 314 g/mol. The van der Waals surface area contributed by atoms with Gasteiger partial charge >= 0.3 is 0 Å². The van der Waals surface area contributed by atoms with Gasteiger partial charge in [0, 0.05) is 38.1 Å². The van der Waals surface area contributed by atoms with Gasteiger partial charge in [0.15, 0.2) is 0 Å². The number of hydrogen-bond donors (Lipinski definition) is 0. The minimum absolute atomic E-state index is 0.985. The van der Waals surface area contributed by atoms with E-state index in [4.69, 9.17) is 4.37 Å². The first kappa shape index (κ1) is 16.3. The fourth-order valence-electron chi connectivity index (χ4n) is 4.64. The Labute approximate surface area is 149 Å². The lowest BCUT2D eigenvalue weighted by Crippen LogP contribution is -2.35. The molecule has 2 aromatic rings. The van der Waals surface area contributed by atoms with Crippen molar-refractivity contribution in [2.75, 3.05) is 37.6 Å². The van der Waals surface area contributed by atoms with Crippen LogP contribution >= 0.6 is 11.5 Å². The molecule has 1 saturated carbocycles. The van der Waals surface area contributed by atoms with Gasteiger partial charge in [0.25, 0.3) is 0 Å². The van der Waals surface area contributed by atoms with Crippen molar-refractivity contribution in [2.24, 2.45) is 11.8 Å². The van der Waals surface area contributed by atoms with Gasteiger partial charge < -0.3 is 9.80 Å². The second-order valence-electron chi connectivity index (χ2n) is 7.55. The topological polar surface area (TPSA) is 19.4 Å². The molecule has 2 aliphatic rings. The predicted octanol–water partition coefficient (Wildman–Crippen LogP) is 4.63. The Morgan fingerprint density at radius 3 is 2.62 bits per heavy atom. The van der Waals surface area contributed by atoms with Crippen molar-refractivity contribution in [3.8, 4) is 0 Å². The van der Waals surface area contributed by atoms with Crippen molar-refractivity contribution in [1.82, 2.24) is 9.27 Å². The SMILES string of the molecule is CCCN(CCN1C[C@@H]2CCCC[C@H]2C1)c1nsc2ccccc12. The highest BCUT2D eigenvalue weighted by Gasteiger charge is 2.34. The van der Waals surface area contributed by atoms with E-state index in [1.54, 1.807) is 11.5 Å². The molecule has 3 nitrogen and oxygen atoms in total. The molecule has 130 valence electrons. The van der Waals surface area contributed by atoms with Gasteiger partial charge in [0.2, 0.25) is 0 Å². The molecule has 0 N–H and O–H groups in total. The molecule has 0 radical (unpaired) electrons. The Kier molecular flexibility index (Phi) is 5.04. The predicted molar refractivity (Wildman–Crippen MR) is 104 cm³/mol. The molecule has 4 heteroatoms. The van der Waals surface area contributed by atoms with Gasteiger partial charge in [-0.3, -0.25) is 0 Å². The number of nitrogens with zero attached hydrogens (tertiary/aromatic N) is 3. The maximum Gasteiger partial charge on any atom is 0.150 e. The third-order valence-corrected chi connectivity index (χ3v) is 6.71. The van der Waals surface area contributed by atoms with Crippen LogP contribution in [0.25, 0.3) is 10.1 Å². The van der Waals surface area contributed by atoms with Crippen LogP contribution in [0, 0.1) is 11.8 Å². The van der Waals surface area contributed by atoms with Crippen molar-refractivity contribution in [1.29, 1.82) is 0 Å². The van der Waals surface area contributed by atoms with Crippen molar-refractivity contribution >= 4 is 27.4 Å². The van der Waals surface area contributed by atoms with Gasteiger partial charge in [0.05, 0.1) is 4.70 Å². The molecule has 0 amide bonds. The number of aromatic nitrogens is 1. The van der Waals surface area contributed by atoms with Crippen LogP contribution in [0.2, 0.25) is 0 Å². The number of fused-ring (bicyclic) bond motifs is 2. The van der Waals surface area contributed by atoms with Crippen LogP contribution in [0.1, 0.15) is 39.0 Å². The van der Waals surface area contributed by atoms with Crippen LogP contribution in [0.5, 0.6) is 0 Å². The molecule has 24 heavy (non-hydrogen) atoms. The minimum atomic E-state index is 0.985. The van der Waals surface area contributed by atoms with Crippen molar-refractivity contribution < 1.29 is 0 Å². The molecule has 2 heterocycles. The summed E-state index contributed by atoms with van der Waals surface area (Å²) in [7, 11) is 0. The first-order chi connectivity index (χ1) is 11.8. The number of anilines is 1. The molecule has 1 aromatic heterocycles. The lowest BCUT2D eigenvalue weighted by atomic mass is 9.82. The van der Waals surface area contributed by atoms with Crippen LogP contribution in [-0.4, -0.2) is 42.0 Å². The standard InChI is InChI=1S/C20H29N3S/c1-2-11-23(20-18-9-5-6-10-19(18)24-21-20)13-12-22-14-16-7-3-4-8-17(16)15-22/h5-6,9-10,16-17H,2-4,7-8,11-15H2,1H3/t16-,17-/m0/s1. The van der Waals surface area contributed by atoms with Crippen LogP contribution in [0.4, 0.5) is 5.82 Å². The van der Waals surface area contributed by atoms with Crippen molar-refractivity contribution in [2.45, 2.75) is 39.0 Å². The molecule has 1 aliphatic heterocycles. The maximum atomic E-state index is 4.78. The third-order valence-electron chi connectivity index (χ3n) is 5.89. The molecule has 2 atom stereocenters. The van der Waals surface area contributed by atoms with Crippen molar-refractivity contribution in [3.05, 3.63) is 24.3 Å². The average molecular weight is 344 g/mol. The van der Waals surface area contributed by atoms with Crippen molar-refractivity contribution in [3.63, 3.8) is 0 Å². The van der Waals surface area contributed by atoms with E-state index in [0.717, 1.165) is 24.9 Å². The number of rotatable bonds is 6. The van der Waals surface area contributed by atoms with Crippen LogP contribution < -0.4 is 4.90 Å². The maximum absolute atomic E-state index is 4.78. The zero-order valence-corrected chi connectivity index (χ0v) is 15.6. The third kappa shape index (κ3) is 3.31.